The molecule has 0 bridgehead atoms. The maximum absolute atomic E-state index is 12.5. The van der Waals surface area contributed by atoms with Crippen molar-refractivity contribution in [3.63, 3.8) is 0 Å². The molecule has 0 atom stereocenters. The van der Waals surface area contributed by atoms with Gasteiger partial charge in [-0.25, -0.2) is 0 Å². The zero-order valence-corrected chi connectivity index (χ0v) is 19.7. The van der Waals surface area contributed by atoms with Crippen LogP contribution in [0.5, 0.6) is 0 Å². The standard InChI is InChI=1S/C25H27ClN2O3.ClH/c1-27(15-11-24(29)19-4-2-6-20(26)16-19)21-9-13-25(14-10-21)12-3-5-18-7-8-22(28(30)31)17-23(18)25;/h2-8,16-17,21H,9-15H2,1H3;1H. The summed E-state index contributed by atoms with van der Waals surface area (Å²) in [5, 5.41) is 11.9. The number of allylic oxidation sites excluding steroid dienone is 1. The molecule has 2 aliphatic carbocycles. The molecule has 0 radical (unpaired) electrons. The maximum atomic E-state index is 12.5. The number of fused-ring (bicyclic) bond motifs is 2. The van der Waals surface area contributed by atoms with E-state index in [1.807, 2.05) is 12.1 Å². The molecule has 2 aliphatic rings. The molecule has 7 heteroatoms. The van der Waals surface area contributed by atoms with E-state index >= 15 is 0 Å². The van der Waals surface area contributed by atoms with Crippen LogP contribution in [0, 0.1) is 10.1 Å². The van der Waals surface area contributed by atoms with Crippen LogP contribution in [0.1, 0.15) is 60.0 Å². The van der Waals surface area contributed by atoms with Gasteiger partial charge in [0.2, 0.25) is 0 Å². The molecule has 2 aromatic carbocycles. The molecule has 0 amide bonds. The summed E-state index contributed by atoms with van der Waals surface area (Å²) in [5.41, 5.74) is 3.06. The van der Waals surface area contributed by atoms with Crippen molar-refractivity contribution in [3.05, 3.63) is 80.4 Å². The first-order chi connectivity index (χ1) is 14.9. The summed E-state index contributed by atoms with van der Waals surface area (Å²) in [4.78, 5) is 25.8. The van der Waals surface area contributed by atoms with Crippen LogP contribution in [0.15, 0.2) is 48.5 Å². The Kier molecular flexibility index (Phi) is 7.75. The third kappa shape index (κ3) is 5.06. The van der Waals surface area contributed by atoms with E-state index in [0.717, 1.165) is 43.2 Å². The number of nitrogens with zero attached hydrogens (tertiary/aromatic N) is 2. The van der Waals surface area contributed by atoms with E-state index in [9.17, 15) is 14.9 Å². The molecule has 1 fully saturated rings. The Hall–Kier alpha value is -2.21. The van der Waals surface area contributed by atoms with Crippen LogP contribution in [-0.2, 0) is 5.41 Å². The molecule has 2 aromatic rings. The van der Waals surface area contributed by atoms with Gasteiger partial charge in [0.25, 0.3) is 5.69 Å². The van der Waals surface area contributed by atoms with Gasteiger partial charge in [0.1, 0.15) is 0 Å². The first-order valence-corrected chi connectivity index (χ1v) is 11.2. The quantitative estimate of drug-likeness (QED) is 0.273. The number of rotatable bonds is 6. The highest BCUT2D eigenvalue weighted by atomic mass is 35.5. The predicted octanol–water partition coefficient (Wildman–Crippen LogP) is 6.47. The van der Waals surface area contributed by atoms with Gasteiger partial charge in [0.15, 0.2) is 5.78 Å². The van der Waals surface area contributed by atoms with Gasteiger partial charge in [-0.05, 0) is 73.9 Å². The first kappa shape index (κ1) is 24.4. The van der Waals surface area contributed by atoms with Crippen molar-refractivity contribution in [3.8, 4) is 0 Å². The molecule has 0 heterocycles. The minimum absolute atomic E-state index is 0. The van der Waals surface area contributed by atoms with Gasteiger partial charge >= 0.3 is 0 Å². The van der Waals surface area contributed by atoms with Crippen molar-refractivity contribution < 1.29 is 9.72 Å². The van der Waals surface area contributed by atoms with Crippen molar-refractivity contribution >= 4 is 41.6 Å². The maximum Gasteiger partial charge on any atom is 0.269 e. The highest BCUT2D eigenvalue weighted by Crippen LogP contribution is 2.47. The average Bonchev–Trinajstić information content (AvgIpc) is 2.78. The Morgan fingerprint density at radius 1 is 1.22 bits per heavy atom. The van der Waals surface area contributed by atoms with Gasteiger partial charge in [-0.2, -0.15) is 0 Å². The zero-order valence-electron chi connectivity index (χ0n) is 18.1. The summed E-state index contributed by atoms with van der Waals surface area (Å²) >= 11 is 6.00. The van der Waals surface area contributed by atoms with E-state index in [1.54, 1.807) is 30.3 Å². The number of nitro groups is 1. The molecular formula is C25H28Cl2N2O3. The largest absolute Gasteiger partial charge is 0.303 e. The fourth-order valence-corrected chi connectivity index (χ4v) is 5.31. The topological polar surface area (TPSA) is 63.5 Å². The van der Waals surface area contributed by atoms with Crippen molar-refractivity contribution in [2.24, 2.45) is 0 Å². The second-order valence-corrected chi connectivity index (χ2v) is 9.25. The minimum Gasteiger partial charge on any atom is -0.303 e. The van der Waals surface area contributed by atoms with E-state index in [0.29, 0.717) is 29.6 Å². The Balaban J connectivity index is 0.00000289. The molecule has 170 valence electrons. The van der Waals surface area contributed by atoms with Crippen LogP contribution >= 0.6 is 24.0 Å². The molecule has 4 rings (SSSR count). The number of carbonyl (C=O) groups excluding carboxylic acids is 1. The SMILES string of the molecule is CN(CCC(=O)c1cccc(Cl)c1)C1CCC2(CC=Cc3ccc([N+](=O)[O-])cc32)CC1.Cl. The lowest BCUT2D eigenvalue weighted by molar-refractivity contribution is -0.385. The summed E-state index contributed by atoms with van der Waals surface area (Å²) < 4.78 is 0. The third-order valence-corrected chi connectivity index (χ3v) is 7.23. The highest BCUT2D eigenvalue weighted by molar-refractivity contribution is 6.31. The molecule has 0 saturated heterocycles. The molecule has 32 heavy (non-hydrogen) atoms. The summed E-state index contributed by atoms with van der Waals surface area (Å²) in [6.45, 7) is 0.713. The van der Waals surface area contributed by atoms with Crippen LogP contribution in [0.25, 0.3) is 6.08 Å². The summed E-state index contributed by atoms with van der Waals surface area (Å²) in [7, 11) is 2.09. The van der Waals surface area contributed by atoms with Crippen LogP contribution in [0.4, 0.5) is 5.69 Å². The van der Waals surface area contributed by atoms with Gasteiger partial charge in [0, 0.05) is 41.7 Å². The zero-order chi connectivity index (χ0) is 22.0. The lowest BCUT2D eigenvalue weighted by Crippen LogP contribution is -2.42. The molecule has 0 aliphatic heterocycles. The monoisotopic (exact) mass is 474 g/mol. The van der Waals surface area contributed by atoms with Gasteiger partial charge in [-0.15, -0.1) is 12.4 Å². The van der Waals surface area contributed by atoms with Crippen LogP contribution in [-0.4, -0.2) is 35.2 Å². The number of hydrogen-bond acceptors (Lipinski definition) is 4. The van der Waals surface area contributed by atoms with E-state index < -0.39 is 0 Å². The molecular weight excluding hydrogens is 447 g/mol. The fraction of sp³-hybridized carbons (Fsp3) is 0.400. The van der Waals surface area contributed by atoms with Crippen molar-refractivity contribution in [2.75, 3.05) is 13.6 Å². The number of ketones is 1. The average molecular weight is 475 g/mol. The van der Waals surface area contributed by atoms with E-state index in [2.05, 4.69) is 24.1 Å². The van der Waals surface area contributed by atoms with E-state index in [-0.39, 0.29) is 34.2 Å². The highest BCUT2D eigenvalue weighted by Gasteiger charge is 2.40. The number of Topliss-reactive ketones (excluding diaryl/α,β-unsaturated/α-hetero) is 1. The predicted molar refractivity (Wildman–Crippen MR) is 131 cm³/mol. The second kappa shape index (κ2) is 10.2. The van der Waals surface area contributed by atoms with Crippen LogP contribution in [0.2, 0.25) is 5.02 Å². The smallest absolute Gasteiger partial charge is 0.269 e. The van der Waals surface area contributed by atoms with Gasteiger partial charge in [-0.3, -0.25) is 14.9 Å². The summed E-state index contributed by atoms with van der Waals surface area (Å²) in [6.07, 6.45) is 9.76. The summed E-state index contributed by atoms with van der Waals surface area (Å²) in [6, 6.07) is 12.8. The van der Waals surface area contributed by atoms with Crippen LogP contribution in [0.3, 0.4) is 0 Å². The Labute approximate surface area is 200 Å². The molecule has 1 spiro atoms. The number of carbonyl (C=O) groups is 1. The number of nitro benzene ring substituents is 1. The lowest BCUT2D eigenvalue weighted by atomic mass is 9.63. The third-order valence-electron chi connectivity index (χ3n) is 7.00. The van der Waals surface area contributed by atoms with Crippen molar-refractivity contribution in [1.82, 2.24) is 4.90 Å². The van der Waals surface area contributed by atoms with E-state index in [1.165, 1.54) is 0 Å². The van der Waals surface area contributed by atoms with Crippen LogP contribution < -0.4 is 0 Å². The Morgan fingerprint density at radius 2 is 1.97 bits per heavy atom. The molecule has 0 aromatic heterocycles. The van der Waals surface area contributed by atoms with Crippen molar-refractivity contribution in [2.45, 2.75) is 50.0 Å². The number of non-ortho nitro benzene ring substituents is 1. The Bertz CT molecular complexity index is 1030. The summed E-state index contributed by atoms with van der Waals surface area (Å²) in [5.74, 6) is 0.111. The molecule has 1 saturated carbocycles. The van der Waals surface area contributed by atoms with E-state index in [4.69, 9.17) is 11.6 Å². The lowest BCUT2D eigenvalue weighted by Gasteiger charge is -2.44. The minimum atomic E-state index is -0.303. The fourth-order valence-electron chi connectivity index (χ4n) is 5.12. The number of hydrogen-bond donors (Lipinski definition) is 0. The Morgan fingerprint density at radius 3 is 2.66 bits per heavy atom. The number of benzene rings is 2. The second-order valence-electron chi connectivity index (χ2n) is 8.81. The van der Waals surface area contributed by atoms with Gasteiger partial charge in [-0.1, -0.05) is 35.9 Å². The first-order valence-electron chi connectivity index (χ1n) is 10.8. The molecule has 5 nitrogen and oxygen atoms in total. The van der Waals surface area contributed by atoms with Crippen molar-refractivity contribution in [1.29, 1.82) is 0 Å². The number of halogens is 2. The normalized spacial score (nSPS) is 21.8. The van der Waals surface area contributed by atoms with Gasteiger partial charge in [0.05, 0.1) is 4.92 Å². The molecule has 0 unspecified atom stereocenters. The van der Waals surface area contributed by atoms with Gasteiger partial charge < -0.3 is 4.90 Å². The molecule has 0 N–H and O–H groups in total.